The van der Waals surface area contributed by atoms with Gasteiger partial charge in [-0.05, 0) is 24.1 Å². The summed E-state index contributed by atoms with van der Waals surface area (Å²) in [5.41, 5.74) is 7.14. The second-order valence-corrected chi connectivity index (χ2v) is 6.86. The molecule has 118 valence electrons. The summed E-state index contributed by atoms with van der Waals surface area (Å²) >= 11 is 0. The highest BCUT2D eigenvalue weighted by Gasteiger charge is 2.13. The number of amides is 1. The maximum Gasteiger partial charge on any atom is 0.224 e. The standard InChI is InChI=1S/C14H23N3O3S/c1-3-17(21(2,19)20)10-4-9-16-14(18)11-12-5-7-13(15)8-6-12/h5-8H,3-4,9-11,15H2,1-2H3,(H,16,18). The first kappa shape index (κ1) is 17.5. The second-order valence-electron chi connectivity index (χ2n) is 4.88. The van der Waals surface area contributed by atoms with E-state index in [9.17, 15) is 13.2 Å². The molecule has 1 amide bonds. The van der Waals surface area contributed by atoms with Gasteiger partial charge in [0.2, 0.25) is 15.9 Å². The molecule has 0 aliphatic carbocycles. The molecule has 0 spiro atoms. The van der Waals surface area contributed by atoms with Gasteiger partial charge >= 0.3 is 0 Å². The summed E-state index contributed by atoms with van der Waals surface area (Å²) in [7, 11) is -3.16. The highest BCUT2D eigenvalue weighted by atomic mass is 32.2. The van der Waals surface area contributed by atoms with Crippen LogP contribution in [0.4, 0.5) is 5.69 Å². The minimum Gasteiger partial charge on any atom is -0.399 e. The topological polar surface area (TPSA) is 92.5 Å². The second kappa shape index (κ2) is 7.99. The molecule has 0 aromatic heterocycles. The Kier molecular flexibility index (Phi) is 6.64. The van der Waals surface area contributed by atoms with Gasteiger partial charge in [0.1, 0.15) is 0 Å². The first-order chi connectivity index (χ1) is 9.82. The normalized spacial score (nSPS) is 11.6. The molecule has 0 unspecified atom stereocenters. The summed E-state index contributed by atoms with van der Waals surface area (Å²) in [5, 5.41) is 2.78. The predicted molar refractivity (Wildman–Crippen MR) is 84.3 cm³/mol. The van der Waals surface area contributed by atoms with Crippen molar-refractivity contribution in [3.63, 3.8) is 0 Å². The summed E-state index contributed by atoms with van der Waals surface area (Å²) in [4.78, 5) is 11.7. The Morgan fingerprint density at radius 2 is 1.90 bits per heavy atom. The minimum absolute atomic E-state index is 0.0813. The van der Waals surface area contributed by atoms with Crippen LogP contribution in [0.25, 0.3) is 0 Å². The van der Waals surface area contributed by atoms with E-state index in [0.717, 1.165) is 5.56 Å². The number of rotatable bonds is 8. The molecule has 6 nitrogen and oxygen atoms in total. The monoisotopic (exact) mass is 313 g/mol. The van der Waals surface area contributed by atoms with Crippen molar-refractivity contribution in [3.8, 4) is 0 Å². The number of carbonyl (C=O) groups excluding carboxylic acids is 1. The van der Waals surface area contributed by atoms with Crippen molar-refractivity contribution in [1.29, 1.82) is 0 Å². The van der Waals surface area contributed by atoms with Crippen molar-refractivity contribution in [1.82, 2.24) is 9.62 Å². The third kappa shape index (κ3) is 6.59. The summed E-state index contributed by atoms with van der Waals surface area (Å²) in [6.07, 6.45) is 2.08. The molecule has 7 heteroatoms. The number of nitrogens with zero attached hydrogens (tertiary/aromatic N) is 1. The highest BCUT2D eigenvalue weighted by molar-refractivity contribution is 7.88. The Labute approximate surface area is 126 Å². The van der Waals surface area contributed by atoms with Crippen LogP contribution in [0.1, 0.15) is 18.9 Å². The molecule has 0 heterocycles. The third-order valence-corrected chi connectivity index (χ3v) is 4.45. The fourth-order valence-electron chi connectivity index (χ4n) is 1.93. The van der Waals surface area contributed by atoms with E-state index in [0.29, 0.717) is 38.2 Å². The summed E-state index contributed by atoms with van der Waals surface area (Å²) in [6.45, 7) is 3.11. The molecule has 0 radical (unpaired) electrons. The van der Waals surface area contributed by atoms with E-state index in [1.54, 1.807) is 19.1 Å². The van der Waals surface area contributed by atoms with E-state index in [-0.39, 0.29) is 5.91 Å². The number of nitrogens with two attached hydrogens (primary N) is 1. The van der Waals surface area contributed by atoms with Gasteiger partial charge < -0.3 is 11.1 Å². The zero-order chi connectivity index (χ0) is 15.9. The van der Waals surface area contributed by atoms with Crippen LogP contribution in [0.15, 0.2) is 24.3 Å². The Hall–Kier alpha value is -1.60. The molecule has 1 rings (SSSR count). The Morgan fingerprint density at radius 3 is 2.43 bits per heavy atom. The number of sulfonamides is 1. The zero-order valence-electron chi connectivity index (χ0n) is 12.5. The van der Waals surface area contributed by atoms with Crippen molar-refractivity contribution in [2.75, 3.05) is 31.6 Å². The summed E-state index contributed by atoms with van der Waals surface area (Å²) in [6, 6.07) is 7.15. The molecule has 3 N–H and O–H groups in total. The quantitative estimate of drug-likeness (QED) is 0.543. The van der Waals surface area contributed by atoms with Gasteiger partial charge in [-0.25, -0.2) is 12.7 Å². The SMILES string of the molecule is CCN(CCCNC(=O)Cc1ccc(N)cc1)S(C)(=O)=O. The first-order valence-electron chi connectivity index (χ1n) is 6.89. The smallest absolute Gasteiger partial charge is 0.224 e. The average molecular weight is 313 g/mol. The lowest BCUT2D eigenvalue weighted by Crippen LogP contribution is -2.33. The first-order valence-corrected chi connectivity index (χ1v) is 8.74. The van der Waals surface area contributed by atoms with Crippen LogP contribution in [0, 0.1) is 0 Å². The van der Waals surface area contributed by atoms with Crippen LogP contribution < -0.4 is 11.1 Å². The number of carbonyl (C=O) groups is 1. The molecule has 0 saturated heterocycles. The lowest BCUT2D eigenvalue weighted by atomic mass is 10.1. The molecule has 0 bridgehead atoms. The average Bonchev–Trinajstić information content (AvgIpc) is 2.40. The van der Waals surface area contributed by atoms with Gasteiger partial charge in [0.15, 0.2) is 0 Å². The Bertz CT molecular complexity index is 555. The van der Waals surface area contributed by atoms with E-state index < -0.39 is 10.0 Å². The van der Waals surface area contributed by atoms with Gasteiger partial charge in [0.25, 0.3) is 0 Å². The number of nitrogen functional groups attached to an aromatic ring is 1. The van der Waals surface area contributed by atoms with Crippen LogP contribution in [0.2, 0.25) is 0 Å². The van der Waals surface area contributed by atoms with Crippen LogP contribution in [-0.4, -0.2) is 44.5 Å². The third-order valence-electron chi connectivity index (χ3n) is 3.07. The lowest BCUT2D eigenvalue weighted by Gasteiger charge is -2.17. The maximum atomic E-state index is 11.7. The molecule has 0 aliphatic rings. The van der Waals surface area contributed by atoms with Crippen molar-refractivity contribution in [2.45, 2.75) is 19.8 Å². The molecule has 0 saturated carbocycles. The van der Waals surface area contributed by atoms with E-state index in [1.165, 1.54) is 10.6 Å². The molecular formula is C14H23N3O3S. The Balaban J connectivity index is 2.29. The lowest BCUT2D eigenvalue weighted by molar-refractivity contribution is -0.120. The van der Waals surface area contributed by atoms with Crippen molar-refractivity contribution in [2.24, 2.45) is 0 Å². The van der Waals surface area contributed by atoms with Gasteiger partial charge in [0.05, 0.1) is 12.7 Å². The number of hydrogen-bond donors (Lipinski definition) is 2. The molecular weight excluding hydrogens is 290 g/mol. The van der Waals surface area contributed by atoms with E-state index in [1.807, 2.05) is 12.1 Å². The van der Waals surface area contributed by atoms with Crippen LogP contribution in [0.3, 0.4) is 0 Å². The maximum absolute atomic E-state index is 11.7. The van der Waals surface area contributed by atoms with Gasteiger partial charge in [-0.3, -0.25) is 4.79 Å². The number of hydrogen-bond acceptors (Lipinski definition) is 4. The zero-order valence-corrected chi connectivity index (χ0v) is 13.3. The van der Waals surface area contributed by atoms with Gasteiger partial charge in [0, 0.05) is 25.3 Å². The summed E-state index contributed by atoms with van der Waals surface area (Å²) in [5.74, 6) is -0.0813. The van der Waals surface area contributed by atoms with Gasteiger partial charge in [-0.2, -0.15) is 0 Å². The molecule has 21 heavy (non-hydrogen) atoms. The van der Waals surface area contributed by atoms with Gasteiger partial charge in [-0.1, -0.05) is 19.1 Å². The predicted octanol–water partition coefficient (Wildman–Crippen LogP) is 0.599. The minimum atomic E-state index is -3.16. The van der Waals surface area contributed by atoms with Crippen molar-refractivity contribution in [3.05, 3.63) is 29.8 Å². The molecule has 0 fully saturated rings. The molecule has 1 aromatic carbocycles. The van der Waals surface area contributed by atoms with E-state index in [2.05, 4.69) is 5.32 Å². The number of anilines is 1. The van der Waals surface area contributed by atoms with Crippen LogP contribution in [-0.2, 0) is 21.2 Å². The summed E-state index contributed by atoms with van der Waals surface area (Å²) < 4.78 is 24.2. The fraction of sp³-hybridized carbons (Fsp3) is 0.500. The number of benzene rings is 1. The molecule has 1 aromatic rings. The van der Waals surface area contributed by atoms with Crippen LogP contribution in [0.5, 0.6) is 0 Å². The highest BCUT2D eigenvalue weighted by Crippen LogP contribution is 2.06. The van der Waals surface area contributed by atoms with E-state index >= 15 is 0 Å². The van der Waals surface area contributed by atoms with Crippen molar-refractivity contribution < 1.29 is 13.2 Å². The van der Waals surface area contributed by atoms with E-state index in [4.69, 9.17) is 5.73 Å². The fourth-order valence-corrected chi connectivity index (χ4v) is 2.85. The van der Waals surface area contributed by atoms with Crippen molar-refractivity contribution >= 4 is 21.6 Å². The number of nitrogens with one attached hydrogen (secondary N) is 1. The van der Waals surface area contributed by atoms with Gasteiger partial charge in [-0.15, -0.1) is 0 Å². The molecule has 0 atom stereocenters. The molecule has 0 aliphatic heterocycles. The largest absolute Gasteiger partial charge is 0.399 e. The van der Waals surface area contributed by atoms with Crippen LogP contribution >= 0.6 is 0 Å². The Morgan fingerprint density at radius 1 is 1.29 bits per heavy atom.